The van der Waals surface area contributed by atoms with E-state index in [1.807, 2.05) is 50.2 Å². The molecule has 1 atom stereocenters. The minimum atomic E-state index is -3.64. The molecule has 0 aliphatic carbocycles. The minimum Gasteiger partial charge on any atom is -0.495 e. The van der Waals surface area contributed by atoms with Gasteiger partial charge in [-0.25, -0.2) is 8.42 Å². The van der Waals surface area contributed by atoms with E-state index in [2.05, 4.69) is 0 Å². The van der Waals surface area contributed by atoms with Crippen molar-refractivity contribution in [2.75, 3.05) is 14.2 Å². The first-order valence-electron chi connectivity index (χ1n) is 7.05. The number of sulfonamides is 1. The fourth-order valence-electron chi connectivity index (χ4n) is 2.29. The molecule has 0 unspecified atom stereocenters. The van der Waals surface area contributed by atoms with Crippen molar-refractivity contribution in [1.82, 2.24) is 4.31 Å². The predicted octanol–water partition coefficient (Wildman–Crippen LogP) is 3.39. The average molecular weight is 319 g/mol. The van der Waals surface area contributed by atoms with Gasteiger partial charge < -0.3 is 4.74 Å². The molecule has 0 aliphatic heterocycles. The Morgan fingerprint density at radius 2 is 1.73 bits per heavy atom. The van der Waals surface area contributed by atoms with Gasteiger partial charge in [0, 0.05) is 13.1 Å². The van der Waals surface area contributed by atoms with Gasteiger partial charge in [0.25, 0.3) is 0 Å². The molecule has 0 radical (unpaired) electrons. The molecule has 2 aromatic carbocycles. The SMILES string of the molecule is COc1ccc(C)cc1S(=O)(=O)N(C)[C@H](C)c1ccccc1. The molecule has 0 saturated heterocycles. The number of ether oxygens (including phenoxy) is 1. The number of hydrogen-bond donors (Lipinski definition) is 0. The third-order valence-electron chi connectivity index (χ3n) is 3.80. The molecule has 0 heterocycles. The van der Waals surface area contributed by atoms with Crippen molar-refractivity contribution in [3.05, 3.63) is 59.7 Å². The molecule has 0 spiro atoms. The quantitative estimate of drug-likeness (QED) is 0.848. The molecule has 2 rings (SSSR count). The summed E-state index contributed by atoms with van der Waals surface area (Å²) in [7, 11) is -0.575. The summed E-state index contributed by atoms with van der Waals surface area (Å²) < 4.78 is 32.4. The highest BCUT2D eigenvalue weighted by Gasteiger charge is 2.29. The molecule has 0 fully saturated rings. The Balaban J connectivity index is 2.44. The van der Waals surface area contributed by atoms with Crippen LogP contribution in [0.3, 0.4) is 0 Å². The lowest BCUT2D eigenvalue weighted by molar-refractivity contribution is 0.382. The molecule has 0 aromatic heterocycles. The van der Waals surface area contributed by atoms with Gasteiger partial charge >= 0.3 is 0 Å². The Bertz CT molecular complexity index is 742. The van der Waals surface area contributed by atoms with E-state index in [4.69, 9.17) is 4.74 Å². The van der Waals surface area contributed by atoms with Crippen molar-refractivity contribution < 1.29 is 13.2 Å². The summed E-state index contributed by atoms with van der Waals surface area (Å²) in [6.07, 6.45) is 0. The van der Waals surface area contributed by atoms with Crippen molar-refractivity contribution in [2.24, 2.45) is 0 Å². The lowest BCUT2D eigenvalue weighted by Crippen LogP contribution is -2.30. The standard InChI is InChI=1S/C17H21NO3S/c1-13-10-11-16(21-4)17(12-13)22(19,20)18(3)14(2)15-8-6-5-7-9-15/h5-12,14H,1-4H3/t14-/m1/s1. The van der Waals surface area contributed by atoms with Crippen molar-refractivity contribution in [2.45, 2.75) is 24.8 Å². The number of benzene rings is 2. The molecule has 22 heavy (non-hydrogen) atoms. The first-order valence-corrected chi connectivity index (χ1v) is 8.49. The first kappa shape index (κ1) is 16.5. The van der Waals surface area contributed by atoms with Crippen molar-refractivity contribution in [3.8, 4) is 5.75 Å². The van der Waals surface area contributed by atoms with Gasteiger partial charge in [-0.3, -0.25) is 0 Å². The van der Waals surface area contributed by atoms with Crippen molar-refractivity contribution in [3.63, 3.8) is 0 Å². The minimum absolute atomic E-state index is 0.195. The van der Waals surface area contributed by atoms with E-state index in [0.29, 0.717) is 5.75 Å². The number of rotatable bonds is 5. The van der Waals surface area contributed by atoms with Crippen LogP contribution in [0.25, 0.3) is 0 Å². The number of nitrogens with zero attached hydrogens (tertiary/aromatic N) is 1. The molecule has 4 nitrogen and oxygen atoms in total. The second-order valence-electron chi connectivity index (χ2n) is 5.26. The van der Waals surface area contributed by atoms with Crippen LogP contribution in [0, 0.1) is 6.92 Å². The van der Waals surface area contributed by atoms with E-state index in [-0.39, 0.29) is 10.9 Å². The Kier molecular flexibility index (Phi) is 4.88. The second-order valence-corrected chi connectivity index (χ2v) is 7.23. The highest BCUT2D eigenvalue weighted by atomic mass is 32.2. The van der Waals surface area contributed by atoms with Crippen LogP contribution in [0.15, 0.2) is 53.4 Å². The maximum atomic E-state index is 12.9. The van der Waals surface area contributed by atoms with Crippen molar-refractivity contribution >= 4 is 10.0 Å². The monoisotopic (exact) mass is 319 g/mol. The van der Waals surface area contributed by atoms with Gasteiger partial charge in [-0.05, 0) is 37.1 Å². The lowest BCUT2D eigenvalue weighted by atomic mass is 10.1. The van der Waals surface area contributed by atoms with Crippen LogP contribution in [0.5, 0.6) is 5.75 Å². The van der Waals surface area contributed by atoms with E-state index < -0.39 is 10.0 Å². The third-order valence-corrected chi connectivity index (χ3v) is 5.75. The summed E-state index contributed by atoms with van der Waals surface area (Å²) in [5.41, 5.74) is 1.82. The van der Waals surface area contributed by atoms with Gasteiger partial charge in [-0.15, -0.1) is 0 Å². The molecule has 0 N–H and O–H groups in total. The van der Waals surface area contributed by atoms with E-state index in [1.54, 1.807) is 19.2 Å². The van der Waals surface area contributed by atoms with Gasteiger partial charge in [0.2, 0.25) is 10.0 Å². The fourth-order valence-corrected chi connectivity index (χ4v) is 3.88. The highest BCUT2D eigenvalue weighted by molar-refractivity contribution is 7.89. The first-order chi connectivity index (χ1) is 10.4. The zero-order valence-corrected chi connectivity index (χ0v) is 14.1. The Hall–Kier alpha value is -1.85. The molecule has 0 saturated carbocycles. The summed E-state index contributed by atoms with van der Waals surface area (Å²) in [5.74, 6) is 0.359. The summed E-state index contributed by atoms with van der Waals surface area (Å²) in [4.78, 5) is 0.195. The molecule has 0 bridgehead atoms. The Labute approximate surface area is 132 Å². The van der Waals surface area contributed by atoms with Crippen LogP contribution in [0.2, 0.25) is 0 Å². The average Bonchev–Trinajstić information content (AvgIpc) is 2.54. The number of methoxy groups -OCH3 is 1. The van der Waals surface area contributed by atoms with E-state index in [9.17, 15) is 8.42 Å². The van der Waals surface area contributed by atoms with E-state index in [1.165, 1.54) is 11.4 Å². The molecule has 5 heteroatoms. The number of aryl methyl sites for hydroxylation is 1. The highest BCUT2D eigenvalue weighted by Crippen LogP contribution is 2.31. The van der Waals surface area contributed by atoms with Crippen LogP contribution in [0.1, 0.15) is 24.1 Å². The van der Waals surface area contributed by atoms with Crippen LogP contribution < -0.4 is 4.74 Å². The van der Waals surface area contributed by atoms with E-state index in [0.717, 1.165) is 11.1 Å². The fraction of sp³-hybridized carbons (Fsp3) is 0.294. The van der Waals surface area contributed by atoms with Gasteiger partial charge in [-0.1, -0.05) is 36.4 Å². The smallest absolute Gasteiger partial charge is 0.247 e. The zero-order valence-electron chi connectivity index (χ0n) is 13.3. The maximum absolute atomic E-state index is 12.9. The third kappa shape index (κ3) is 3.15. The van der Waals surface area contributed by atoms with Crippen LogP contribution in [0.4, 0.5) is 0 Å². The van der Waals surface area contributed by atoms with Crippen LogP contribution in [-0.2, 0) is 10.0 Å². The molecule has 0 aliphatic rings. The topological polar surface area (TPSA) is 46.6 Å². The van der Waals surface area contributed by atoms with Crippen LogP contribution in [-0.4, -0.2) is 26.9 Å². The Morgan fingerprint density at radius 1 is 1.09 bits per heavy atom. The van der Waals surface area contributed by atoms with Crippen LogP contribution >= 0.6 is 0 Å². The normalized spacial score (nSPS) is 13.1. The van der Waals surface area contributed by atoms with Gasteiger partial charge in [0.1, 0.15) is 10.6 Å². The lowest BCUT2D eigenvalue weighted by Gasteiger charge is -2.25. The van der Waals surface area contributed by atoms with Gasteiger partial charge in [0.15, 0.2) is 0 Å². The molecular formula is C17H21NO3S. The van der Waals surface area contributed by atoms with Gasteiger partial charge in [-0.2, -0.15) is 4.31 Å². The van der Waals surface area contributed by atoms with Gasteiger partial charge in [0.05, 0.1) is 7.11 Å². The summed E-state index contributed by atoms with van der Waals surface area (Å²) in [6, 6.07) is 14.4. The number of hydrogen-bond acceptors (Lipinski definition) is 3. The molecule has 118 valence electrons. The molecular weight excluding hydrogens is 298 g/mol. The summed E-state index contributed by atoms with van der Waals surface area (Å²) in [5, 5.41) is 0. The van der Waals surface area contributed by atoms with E-state index >= 15 is 0 Å². The second kappa shape index (κ2) is 6.50. The Morgan fingerprint density at radius 3 is 2.32 bits per heavy atom. The maximum Gasteiger partial charge on any atom is 0.247 e. The molecule has 2 aromatic rings. The summed E-state index contributed by atoms with van der Waals surface area (Å²) in [6.45, 7) is 3.73. The summed E-state index contributed by atoms with van der Waals surface area (Å²) >= 11 is 0. The zero-order chi connectivity index (χ0) is 16.3. The molecule has 0 amide bonds. The largest absolute Gasteiger partial charge is 0.495 e. The predicted molar refractivity (Wildman–Crippen MR) is 87.5 cm³/mol. The van der Waals surface area contributed by atoms with Crippen molar-refractivity contribution in [1.29, 1.82) is 0 Å².